The lowest BCUT2D eigenvalue weighted by Crippen LogP contribution is -1.93. The fourth-order valence-corrected chi connectivity index (χ4v) is 8.60. The van der Waals surface area contributed by atoms with Crippen molar-refractivity contribution in [2.75, 3.05) is 0 Å². The van der Waals surface area contributed by atoms with Gasteiger partial charge in [0.05, 0.1) is 0 Å². The summed E-state index contributed by atoms with van der Waals surface area (Å²) < 4.78 is 6.71. The van der Waals surface area contributed by atoms with Crippen LogP contribution in [0.3, 0.4) is 0 Å². The fraction of sp³-hybridized carbons (Fsp3) is 0. The summed E-state index contributed by atoms with van der Waals surface area (Å²) in [7, 11) is 0. The first kappa shape index (κ1) is 28.2. The second kappa shape index (κ2) is 10.9. The van der Waals surface area contributed by atoms with Crippen molar-refractivity contribution < 1.29 is 4.42 Å². The Labute approximate surface area is 294 Å². The van der Waals surface area contributed by atoms with E-state index in [0.29, 0.717) is 0 Å². The number of rotatable bonds is 3. The molecule has 0 unspecified atom stereocenters. The Kier molecular flexibility index (Phi) is 6.02. The zero-order valence-corrected chi connectivity index (χ0v) is 27.7. The normalized spacial score (nSPS) is 11.9. The van der Waals surface area contributed by atoms with Crippen LogP contribution in [0.2, 0.25) is 0 Å². The molecule has 11 aromatic rings. The van der Waals surface area contributed by atoms with E-state index in [9.17, 15) is 0 Å². The van der Waals surface area contributed by atoms with Gasteiger partial charge in [-0.2, -0.15) is 0 Å². The van der Waals surface area contributed by atoms with Gasteiger partial charge in [-0.05, 0) is 99.9 Å². The van der Waals surface area contributed by atoms with E-state index >= 15 is 0 Å². The van der Waals surface area contributed by atoms with Gasteiger partial charge in [0, 0.05) is 16.3 Å². The molecule has 51 heavy (non-hydrogen) atoms. The average Bonchev–Trinajstić information content (AvgIpc) is 3.57. The van der Waals surface area contributed by atoms with Gasteiger partial charge < -0.3 is 4.42 Å². The van der Waals surface area contributed by atoms with Crippen LogP contribution in [0.4, 0.5) is 0 Å². The maximum Gasteiger partial charge on any atom is 0.143 e. The lowest BCUT2D eigenvalue weighted by Gasteiger charge is -2.20. The number of benzene rings is 10. The lowest BCUT2D eigenvalue weighted by molar-refractivity contribution is 0.670. The summed E-state index contributed by atoms with van der Waals surface area (Å²) in [4.78, 5) is 0. The van der Waals surface area contributed by atoms with Crippen LogP contribution in [0, 0.1) is 0 Å². The molecule has 0 spiro atoms. The van der Waals surface area contributed by atoms with Gasteiger partial charge in [0.15, 0.2) is 0 Å². The van der Waals surface area contributed by atoms with E-state index in [1.165, 1.54) is 81.7 Å². The molecule has 11 rings (SSSR count). The molecule has 236 valence electrons. The Morgan fingerprint density at radius 3 is 1.43 bits per heavy atom. The van der Waals surface area contributed by atoms with Gasteiger partial charge in [0.1, 0.15) is 11.2 Å². The largest absolute Gasteiger partial charge is 0.455 e. The Hall–Kier alpha value is -6.70. The molecule has 0 aliphatic heterocycles. The zero-order valence-electron chi connectivity index (χ0n) is 27.7. The molecule has 0 aliphatic carbocycles. The molecular weight excluding hydrogens is 617 g/mol. The summed E-state index contributed by atoms with van der Waals surface area (Å²) in [5.41, 5.74) is 9.17. The lowest BCUT2D eigenvalue weighted by atomic mass is 9.83. The van der Waals surface area contributed by atoms with Crippen LogP contribution in [-0.2, 0) is 0 Å². The monoisotopic (exact) mass is 646 g/mol. The SMILES string of the molecule is c1ccc2cc(-c3c4ccccc4c(-c4ccc(-c5c6ccccc6cc6c5oc5ccccc56)c5ccccc45)c4ccccc34)ccc2c1. The van der Waals surface area contributed by atoms with Gasteiger partial charge in [-0.15, -0.1) is 0 Å². The van der Waals surface area contributed by atoms with E-state index in [-0.39, 0.29) is 0 Å². The molecular formula is C50H30O. The minimum absolute atomic E-state index is 0.912. The van der Waals surface area contributed by atoms with Gasteiger partial charge in [0.2, 0.25) is 0 Å². The second-order valence-corrected chi connectivity index (χ2v) is 13.6. The topological polar surface area (TPSA) is 13.1 Å². The predicted octanol–water partition coefficient (Wildman–Crippen LogP) is 14.4. The van der Waals surface area contributed by atoms with Crippen LogP contribution in [0.25, 0.3) is 109 Å². The maximum atomic E-state index is 6.71. The Balaban J connectivity index is 1.23. The summed E-state index contributed by atoms with van der Waals surface area (Å²) in [5, 5.41) is 14.6. The third kappa shape index (κ3) is 4.16. The number of para-hydroxylation sites is 1. The summed E-state index contributed by atoms with van der Waals surface area (Å²) >= 11 is 0. The molecule has 0 N–H and O–H groups in total. The molecule has 0 radical (unpaired) electrons. The highest BCUT2D eigenvalue weighted by Gasteiger charge is 2.22. The molecule has 0 amide bonds. The smallest absolute Gasteiger partial charge is 0.143 e. The second-order valence-electron chi connectivity index (χ2n) is 13.6. The Bertz CT molecular complexity index is 3140. The van der Waals surface area contributed by atoms with Gasteiger partial charge in [0.25, 0.3) is 0 Å². The van der Waals surface area contributed by atoms with Crippen molar-refractivity contribution in [1.29, 1.82) is 0 Å². The highest BCUT2D eigenvalue weighted by Crippen LogP contribution is 2.48. The quantitative estimate of drug-likeness (QED) is 0.174. The molecule has 0 bridgehead atoms. The van der Waals surface area contributed by atoms with Crippen LogP contribution in [0.5, 0.6) is 0 Å². The predicted molar refractivity (Wildman–Crippen MR) is 218 cm³/mol. The van der Waals surface area contributed by atoms with Crippen LogP contribution in [0.1, 0.15) is 0 Å². The van der Waals surface area contributed by atoms with Crippen molar-refractivity contribution in [2.45, 2.75) is 0 Å². The van der Waals surface area contributed by atoms with E-state index in [1.54, 1.807) is 0 Å². The highest BCUT2D eigenvalue weighted by atomic mass is 16.3. The summed E-state index contributed by atoms with van der Waals surface area (Å²) in [6, 6.07) is 66.3. The number of furan rings is 1. The zero-order chi connectivity index (χ0) is 33.5. The summed E-state index contributed by atoms with van der Waals surface area (Å²) in [5.74, 6) is 0. The van der Waals surface area contributed by atoms with Gasteiger partial charge in [-0.1, -0.05) is 164 Å². The Morgan fingerprint density at radius 1 is 0.275 bits per heavy atom. The standard InChI is InChI=1S/C50H30O/c1-2-14-32-29-34(26-25-31(32)13-1)47-39-20-7-9-22-41(39)48(42-23-10-8-21-40(42)47)43-27-28-44(37-18-6-5-17-36(37)43)49-35-16-4-3-15-33(35)30-45-38-19-11-12-24-46(38)51-50(45)49/h1-30H. The van der Waals surface area contributed by atoms with E-state index in [0.717, 1.165) is 27.5 Å². The molecule has 0 fully saturated rings. The first-order valence-corrected chi connectivity index (χ1v) is 17.6. The van der Waals surface area contributed by atoms with E-state index in [2.05, 4.69) is 176 Å². The molecule has 10 aromatic carbocycles. The van der Waals surface area contributed by atoms with Crippen LogP contribution >= 0.6 is 0 Å². The Morgan fingerprint density at radius 2 is 0.765 bits per heavy atom. The van der Waals surface area contributed by atoms with Crippen molar-refractivity contribution in [3.05, 3.63) is 182 Å². The van der Waals surface area contributed by atoms with Crippen LogP contribution < -0.4 is 0 Å². The minimum atomic E-state index is 0.912. The van der Waals surface area contributed by atoms with Gasteiger partial charge in [-0.25, -0.2) is 0 Å². The number of hydrogen-bond donors (Lipinski definition) is 0. The van der Waals surface area contributed by atoms with Gasteiger partial charge in [-0.3, -0.25) is 0 Å². The molecule has 1 aromatic heterocycles. The van der Waals surface area contributed by atoms with Crippen molar-refractivity contribution in [1.82, 2.24) is 0 Å². The van der Waals surface area contributed by atoms with Crippen LogP contribution in [0.15, 0.2) is 186 Å². The molecule has 0 saturated carbocycles. The maximum absolute atomic E-state index is 6.71. The van der Waals surface area contributed by atoms with Crippen molar-refractivity contribution in [2.24, 2.45) is 0 Å². The summed E-state index contributed by atoms with van der Waals surface area (Å²) in [6.45, 7) is 0. The molecule has 1 heteroatoms. The molecule has 0 aliphatic rings. The van der Waals surface area contributed by atoms with E-state index in [4.69, 9.17) is 4.42 Å². The van der Waals surface area contributed by atoms with E-state index < -0.39 is 0 Å². The third-order valence-corrected chi connectivity index (χ3v) is 10.8. The first-order valence-electron chi connectivity index (χ1n) is 17.6. The third-order valence-electron chi connectivity index (χ3n) is 10.8. The fourth-order valence-electron chi connectivity index (χ4n) is 8.60. The molecule has 1 nitrogen and oxygen atoms in total. The van der Waals surface area contributed by atoms with Crippen molar-refractivity contribution >= 4 is 75.8 Å². The molecule has 1 heterocycles. The van der Waals surface area contributed by atoms with Gasteiger partial charge >= 0.3 is 0 Å². The van der Waals surface area contributed by atoms with Crippen molar-refractivity contribution in [3.8, 4) is 33.4 Å². The molecule has 0 atom stereocenters. The van der Waals surface area contributed by atoms with Crippen LogP contribution in [-0.4, -0.2) is 0 Å². The highest BCUT2D eigenvalue weighted by molar-refractivity contribution is 6.26. The van der Waals surface area contributed by atoms with E-state index in [1.807, 2.05) is 6.07 Å². The average molecular weight is 647 g/mol. The molecule has 0 saturated heterocycles. The number of hydrogen-bond acceptors (Lipinski definition) is 1. The summed E-state index contributed by atoms with van der Waals surface area (Å²) in [6.07, 6.45) is 0. The first-order chi connectivity index (χ1) is 25.3. The minimum Gasteiger partial charge on any atom is -0.455 e. The van der Waals surface area contributed by atoms with Crippen molar-refractivity contribution in [3.63, 3.8) is 0 Å². The number of fused-ring (bicyclic) bond motifs is 8.